The van der Waals surface area contributed by atoms with Crippen molar-refractivity contribution in [3.05, 3.63) is 65.4 Å². The van der Waals surface area contributed by atoms with E-state index in [4.69, 9.17) is 24.0 Å². The summed E-state index contributed by atoms with van der Waals surface area (Å²) in [6.45, 7) is 10.5. The first kappa shape index (κ1) is 26.8. The van der Waals surface area contributed by atoms with E-state index in [1.54, 1.807) is 0 Å². The Labute approximate surface area is 241 Å². The van der Waals surface area contributed by atoms with E-state index < -0.39 is 24.0 Å². The Balaban J connectivity index is 1.06. The number of aromatic nitrogens is 1. The molecule has 1 aliphatic carbocycles. The van der Waals surface area contributed by atoms with Crippen molar-refractivity contribution in [3.63, 3.8) is 0 Å². The number of fused-ring (bicyclic) bond motifs is 3. The number of nitrogens with zero attached hydrogens (tertiary/aromatic N) is 2. The molecule has 4 saturated heterocycles. The van der Waals surface area contributed by atoms with Gasteiger partial charge in [0, 0.05) is 29.3 Å². The number of rotatable bonds is 5. The Bertz CT molecular complexity index is 1480. The lowest BCUT2D eigenvalue weighted by atomic mass is 9.58. The second kappa shape index (κ2) is 10.1. The Hall–Kier alpha value is -3.04. The van der Waals surface area contributed by atoms with Gasteiger partial charge in [-0.25, -0.2) is 9.78 Å². The fourth-order valence-corrected chi connectivity index (χ4v) is 7.56. The summed E-state index contributed by atoms with van der Waals surface area (Å²) >= 11 is 0. The van der Waals surface area contributed by atoms with Crippen LogP contribution in [-0.4, -0.2) is 35.2 Å². The summed E-state index contributed by atoms with van der Waals surface area (Å²) < 4.78 is 19.5. The molecule has 0 unspecified atom stereocenters. The quantitative estimate of drug-likeness (QED) is 0.208. The largest absolute Gasteiger partial charge is 0.465 e. The highest BCUT2D eigenvalue weighted by Gasteiger charge is 2.69. The van der Waals surface area contributed by atoms with Gasteiger partial charge in [-0.15, -0.1) is 0 Å². The van der Waals surface area contributed by atoms with E-state index in [1.165, 1.54) is 0 Å². The molecule has 0 radical (unpaired) electrons. The number of hydrogen-bond donors (Lipinski definition) is 1. The molecule has 1 saturated carbocycles. The van der Waals surface area contributed by atoms with Crippen LogP contribution in [0.4, 0.5) is 5.69 Å². The van der Waals surface area contributed by atoms with Crippen LogP contribution in [-0.2, 0) is 19.2 Å². The second-order valence-corrected chi connectivity index (χ2v) is 12.6. The average Bonchev–Trinajstić information content (AvgIpc) is 3.19. The molecule has 1 N–H and O–H groups in total. The summed E-state index contributed by atoms with van der Waals surface area (Å²) in [7, 11) is 0. The van der Waals surface area contributed by atoms with E-state index in [-0.39, 0.29) is 11.8 Å². The topological polar surface area (TPSA) is 83.4 Å². The zero-order valence-corrected chi connectivity index (χ0v) is 24.4. The highest BCUT2D eigenvalue weighted by Crippen LogP contribution is 2.60. The number of ether oxygens (including phenoxy) is 3. The number of anilines is 1. The van der Waals surface area contributed by atoms with Gasteiger partial charge in [0.1, 0.15) is 5.75 Å². The van der Waals surface area contributed by atoms with Gasteiger partial charge in [-0.2, -0.15) is 5.10 Å². The molecule has 5 heterocycles. The third kappa shape index (κ3) is 4.52. The molecule has 5 aliphatic rings. The van der Waals surface area contributed by atoms with Crippen LogP contribution in [0.15, 0.2) is 53.6 Å². The molecule has 2 aromatic carbocycles. The fourth-order valence-electron chi connectivity index (χ4n) is 7.56. The molecule has 1 aromatic heterocycles. The van der Waals surface area contributed by atoms with Crippen molar-refractivity contribution in [2.45, 2.75) is 84.3 Å². The molecule has 1 spiro atoms. The van der Waals surface area contributed by atoms with Crippen LogP contribution in [0, 0.1) is 37.5 Å². The summed E-state index contributed by atoms with van der Waals surface area (Å²) in [5.74, 6) is 1.16. The maximum Gasteiger partial charge on any atom is 0.205 e. The summed E-state index contributed by atoms with van der Waals surface area (Å²) in [5, 5.41) is 5.55. The molecule has 8 rings (SSSR count). The van der Waals surface area contributed by atoms with Crippen molar-refractivity contribution in [1.82, 2.24) is 4.98 Å². The molecule has 8 heteroatoms. The van der Waals surface area contributed by atoms with Gasteiger partial charge in [0.05, 0.1) is 17.4 Å². The molecule has 5 fully saturated rings. The van der Waals surface area contributed by atoms with Crippen molar-refractivity contribution >= 4 is 22.8 Å². The number of benzene rings is 2. The fraction of sp³-hybridized carbons (Fsp3) is 0.515. The zero-order chi connectivity index (χ0) is 28.4. The summed E-state index contributed by atoms with van der Waals surface area (Å²) in [6.07, 6.45) is 4.86. The van der Waals surface area contributed by atoms with E-state index in [0.29, 0.717) is 11.8 Å². The Morgan fingerprint density at radius 1 is 1.02 bits per heavy atom. The smallest absolute Gasteiger partial charge is 0.205 e. The van der Waals surface area contributed by atoms with Gasteiger partial charge in [0.25, 0.3) is 0 Å². The molecule has 3 aromatic rings. The molecule has 4 aliphatic heterocycles. The lowest BCUT2D eigenvalue weighted by Crippen LogP contribution is -2.70. The minimum Gasteiger partial charge on any atom is -0.465 e. The summed E-state index contributed by atoms with van der Waals surface area (Å²) in [4.78, 5) is 16.9. The molecule has 2 bridgehead atoms. The van der Waals surface area contributed by atoms with Crippen LogP contribution in [0.1, 0.15) is 63.3 Å². The normalized spacial score (nSPS) is 36.2. The summed E-state index contributed by atoms with van der Waals surface area (Å²) in [6, 6.07) is 16.1. The molecule has 216 valence electrons. The van der Waals surface area contributed by atoms with Crippen LogP contribution in [0.3, 0.4) is 0 Å². The lowest BCUT2D eigenvalue weighted by Gasteiger charge is -2.60. The number of nitrogens with one attached hydrogen (secondary N) is 1. The van der Waals surface area contributed by atoms with E-state index >= 15 is 0 Å². The van der Waals surface area contributed by atoms with Crippen LogP contribution >= 0.6 is 0 Å². The number of aryl methyl sites for hydroxylation is 2. The first-order valence-electron chi connectivity index (χ1n) is 14.9. The number of hydrazone groups is 1. The maximum atomic E-state index is 6.57. The third-order valence-corrected chi connectivity index (χ3v) is 9.80. The van der Waals surface area contributed by atoms with Crippen molar-refractivity contribution in [1.29, 1.82) is 0 Å². The molecule has 8 nitrogen and oxygen atoms in total. The Morgan fingerprint density at radius 3 is 2.68 bits per heavy atom. The third-order valence-electron chi connectivity index (χ3n) is 9.80. The lowest BCUT2D eigenvalue weighted by molar-refractivity contribution is -0.575. The monoisotopic (exact) mass is 557 g/mol. The van der Waals surface area contributed by atoms with E-state index in [9.17, 15) is 0 Å². The van der Waals surface area contributed by atoms with E-state index in [2.05, 4.69) is 48.4 Å². The van der Waals surface area contributed by atoms with Gasteiger partial charge < -0.3 is 14.2 Å². The van der Waals surface area contributed by atoms with Crippen molar-refractivity contribution < 1.29 is 24.0 Å². The van der Waals surface area contributed by atoms with Gasteiger partial charge >= 0.3 is 0 Å². The predicted octanol–water partition coefficient (Wildman–Crippen LogP) is 6.88. The number of para-hydroxylation sites is 1. The SMILES string of the molecule is Cc1cc(N/N=C/c2ccc(O[C@H]3O[C@@H]4O[C@@]5(C)CC[C@H]6[C@H](C)CC[C@@H]([C@H]3C)[C@@]46OO5)cc2)c2cccc(C)c2n1. The highest BCUT2D eigenvalue weighted by atomic mass is 17.3. The van der Waals surface area contributed by atoms with Gasteiger partial charge in [0.15, 0.2) is 11.9 Å². The Morgan fingerprint density at radius 2 is 1.85 bits per heavy atom. The van der Waals surface area contributed by atoms with Crippen molar-refractivity contribution in [3.8, 4) is 5.75 Å². The molecule has 41 heavy (non-hydrogen) atoms. The van der Waals surface area contributed by atoms with Crippen molar-refractivity contribution in [2.24, 2.45) is 28.8 Å². The first-order chi connectivity index (χ1) is 19.8. The molecule has 8 atom stereocenters. The van der Waals surface area contributed by atoms with Gasteiger partial charge in [0.2, 0.25) is 12.1 Å². The molecular formula is C33H39N3O5. The highest BCUT2D eigenvalue weighted by molar-refractivity contribution is 5.93. The number of pyridine rings is 1. The van der Waals surface area contributed by atoms with Crippen LogP contribution in [0.5, 0.6) is 5.75 Å². The number of hydrogen-bond acceptors (Lipinski definition) is 8. The minimum atomic E-state index is -0.794. The van der Waals surface area contributed by atoms with Gasteiger partial charge in [-0.05, 0) is 93.3 Å². The van der Waals surface area contributed by atoms with Gasteiger partial charge in [-0.1, -0.05) is 32.0 Å². The first-order valence-corrected chi connectivity index (χ1v) is 14.9. The maximum absolute atomic E-state index is 6.57. The van der Waals surface area contributed by atoms with E-state index in [1.807, 2.05) is 56.5 Å². The van der Waals surface area contributed by atoms with Crippen LogP contribution in [0.25, 0.3) is 10.9 Å². The average molecular weight is 558 g/mol. The van der Waals surface area contributed by atoms with Crippen LogP contribution in [0.2, 0.25) is 0 Å². The standard InChI is InChI=1S/C33H39N3O5/c1-19-9-14-27-22(4)30(38-31-33(27)26(19)15-16-32(5,39-31)40-41-33)37-24-12-10-23(11-13-24)18-34-36-28-17-21(3)35-29-20(2)7-6-8-25(28)29/h6-8,10-13,17-19,22,26-27,30-31H,9,14-16H2,1-5H3,(H,35,36)/b34-18+/t19-,22-,26+,27+,30+,31-,32-,33-/m1/s1. The van der Waals surface area contributed by atoms with Crippen LogP contribution < -0.4 is 10.2 Å². The van der Waals surface area contributed by atoms with Crippen molar-refractivity contribution in [2.75, 3.05) is 5.43 Å². The molecule has 0 amide bonds. The second-order valence-electron chi connectivity index (χ2n) is 12.6. The summed E-state index contributed by atoms with van der Waals surface area (Å²) in [5.41, 5.74) is 7.60. The minimum absolute atomic E-state index is 0.114. The predicted molar refractivity (Wildman–Crippen MR) is 156 cm³/mol. The Kier molecular flexibility index (Phi) is 6.58. The van der Waals surface area contributed by atoms with E-state index in [0.717, 1.165) is 64.8 Å². The molecular weight excluding hydrogens is 518 g/mol. The van der Waals surface area contributed by atoms with Gasteiger partial charge in [-0.3, -0.25) is 10.4 Å². The zero-order valence-electron chi connectivity index (χ0n) is 24.4.